The van der Waals surface area contributed by atoms with Crippen LogP contribution in [0.15, 0.2) is 47.4 Å². The first-order valence-corrected chi connectivity index (χ1v) is 9.39. The van der Waals surface area contributed by atoms with Crippen molar-refractivity contribution in [1.29, 1.82) is 0 Å². The van der Waals surface area contributed by atoms with E-state index in [9.17, 15) is 13.5 Å². The number of aryl methyl sites for hydroxylation is 1. The Balaban J connectivity index is 0.00000312. The largest absolute Gasteiger partial charge is 1.00 e. The molecule has 0 aromatic heterocycles. The Hall–Kier alpha value is -1.05. The van der Waals surface area contributed by atoms with Crippen LogP contribution in [-0.2, 0) is 16.5 Å². The molecule has 0 heterocycles. The average Bonchev–Trinajstić information content (AvgIpc) is 2.54. The Morgan fingerprint density at radius 3 is 2.52 bits per heavy atom. The molecular formula is C18H21NaO5S. The van der Waals surface area contributed by atoms with E-state index in [1.807, 2.05) is 0 Å². The van der Waals surface area contributed by atoms with E-state index in [-0.39, 0.29) is 51.7 Å². The minimum absolute atomic E-state index is 0. The Morgan fingerprint density at radius 2 is 1.84 bits per heavy atom. The zero-order valence-corrected chi connectivity index (χ0v) is 17.4. The predicted molar refractivity (Wildman–Crippen MR) is 90.1 cm³/mol. The summed E-state index contributed by atoms with van der Waals surface area (Å²) in [5.74, 6) is 0.0606. The number of ether oxygens (including phenoxy) is 1. The normalized spacial score (nSPS) is 11.0. The first-order valence-electron chi connectivity index (χ1n) is 7.95. The predicted octanol–water partition coefficient (Wildman–Crippen LogP) is 0.926. The molecule has 0 unspecified atom stereocenters. The van der Waals surface area contributed by atoms with Gasteiger partial charge in [-0.2, -0.15) is 8.42 Å². The molecule has 5 nitrogen and oxygen atoms in total. The molecule has 0 saturated carbocycles. The summed E-state index contributed by atoms with van der Waals surface area (Å²) in [4.78, 5) is -0.275. The third kappa shape index (κ3) is 6.99. The summed E-state index contributed by atoms with van der Waals surface area (Å²) < 4.78 is 36.9. The molecule has 1 N–H and O–H groups in total. The van der Waals surface area contributed by atoms with Gasteiger partial charge >= 0.3 is 29.6 Å². The Kier molecular flexibility index (Phi) is 8.96. The quantitative estimate of drug-likeness (QED) is 0.423. The van der Waals surface area contributed by atoms with Crippen molar-refractivity contribution in [3.63, 3.8) is 0 Å². The van der Waals surface area contributed by atoms with Gasteiger partial charge in [-0.3, -0.25) is 4.55 Å². The SMILES string of the molecule is CCCCCCc1ccc([O-])c(Oc2cccc(S(=O)(=O)O)c2)c1.[Na+]. The number of rotatable bonds is 8. The third-order valence-corrected chi connectivity index (χ3v) is 4.51. The summed E-state index contributed by atoms with van der Waals surface area (Å²) in [6.07, 6.45) is 5.40. The maximum Gasteiger partial charge on any atom is 1.00 e. The first kappa shape index (κ1) is 22.0. The van der Waals surface area contributed by atoms with Crippen LogP contribution in [0.3, 0.4) is 0 Å². The van der Waals surface area contributed by atoms with Crippen LogP contribution in [0.1, 0.15) is 38.2 Å². The fourth-order valence-electron chi connectivity index (χ4n) is 2.37. The van der Waals surface area contributed by atoms with Crippen LogP contribution in [0.4, 0.5) is 0 Å². The van der Waals surface area contributed by atoms with Gasteiger partial charge in [-0.25, -0.2) is 0 Å². The minimum Gasteiger partial charge on any atom is -0.870 e. The number of hydrogen-bond acceptors (Lipinski definition) is 4. The summed E-state index contributed by atoms with van der Waals surface area (Å²) >= 11 is 0. The average molecular weight is 372 g/mol. The van der Waals surface area contributed by atoms with Crippen molar-refractivity contribution < 1.29 is 52.4 Å². The van der Waals surface area contributed by atoms with Crippen LogP contribution in [0.5, 0.6) is 17.2 Å². The number of benzene rings is 2. The molecule has 2 aromatic carbocycles. The summed E-state index contributed by atoms with van der Waals surface area (Å²) in [6, 6.07) is 10.3. The maximum atomic E-state index is 11.9. The van der Waals surface area contributed by atoms with Crippen LogP contribution in [0.25, 0.3) is 0 Å². The topological polar surface area (TPSA) is 86.7 Å². The van der Waals surface area contributed by atoms with Crippen molar-refractivity contribution in [2.24, 2.45) is 0 Å². The maximum absolute atomic E-state index is 11.9. The van der Waals surface area contributed by atoms with E-state index in [0.29, 0.717) is 0 Å². The summed E-state index contributed by atoms with van der Waals surface area (Å²) in [6.45, 7) is 2.15. The standard InChI is InChI=1S/C18H22O5S.Na/c1-2-3-4-5-7-14-10-11-17(19)18(12-14)23-15-8-6-9-16(13-15)24(20,21)22;/h6,8-13,19H,2-5,7H2,1H3,(H,20,21,22);/q;+1/p-1. The van der Waals surface area contributed by atoms with Crippen molar-refractivity contribution in [3.8, 4) is 17.2 Å². The molecule has 7 heteroatoms. The summed E-state index contributed by atoms with van der Waals surface area (Å²) in [7, 11) is -4.31. The smallest absolute Gasteiger partial charge is 0.870 e. The van der Waals surface area contributed by atoms with Gasteiger partial charge in [0.1, 0.15) is 11.5 Å². The first-order chi connectivity index (χ1) is 11.4. The Bertz CT molecular complexity index is 790. The van der Waals surface area contributed by atoms with Crippen molar-refractivity contribution in [3.05, 3.63) is 48.0 Å². The summed E-state index contributed by atoms with van der Waals surface area (Å²) in [5.41, 5.74) is 1.01. The van der Waals surface area contributed by atoms with Crippen molar-refractivity contribution in [1.82, 2.24) is 0 Å². The molecule has 0 radical (unpaired) electrons. The number of unbranched alkanes of at least 4 members (excludes halogenated alkanes) is 3. The molecule has 0 aliphatic heterocycles. The van der Waals surface area contributed by atoms with Gasteiger partial charge in [0.15, 0.2) is 0 Å². The van der Waals surface area contributed by atoms with Gasteiger partial charge in [0.25, 0.3) is 10.1 Å². The molecule has 0 amide bonds. The van der Waals surface area contributed by atoms with Crippen LogP contribution < -0.4 is 39.4 Å². The van der Waals surface area contributed by atoms with Crippen LogP contribution in [0.2, 0.25) is 0 Å². The molecule has 0 atom stereocenters. The van der Waals surface area contributed by atoms with E-state index in [1.165, 1.54) is 36.8 Å². The second-order valence-corrected chi connectivity index (χ2v) is 7.07. The van der Waals surface area contributed by atoms with Gasteiger partial charge < -0.3 is 9.84 Å². The zero-order chi connectivity index (χ0) is 17.6. The third-order valence-electron chi connectivity index (χ3n) is 3.66. The van der Waals surface area contributed by atoms with E-state index in [1.54, 1.807) is 12.1 Å². The van der Waals surface area contributed by atoms with Gasteiger partial charge in [-0.05, 0) is 36.6 Å². The molecule has 2 rings (SSSR count). The second kappa shape index (κ2) is 10.2. The van der Waals surface area contributed by atoms with Crippen LogP contribution in [-0.4, -0.2) is 13.0 Å². The van der Waals surface area contributed by atoms with Crippen LogP contribution in [0, 0.1) is 0 Å². The molecule has 2 aromatic rings. The van der Waals surface area contributed by atoms with Gasteiger partial charge in [-0.15, -0.1) is 0 Å². The Morgan fingerprint density at radius 1 is 1.08 bits per heavy atom. The monoisotopic (exact) mass is 372 g/mol. The molecular weight excluding hydrogens is 351 g/mol. The fourth-order valence-corrected chi connectivity index (χ4v) is 2.88. The molecule has 0 aliphatic carbocycles. The van der Waals surface area contributed by atoms with Crippen molar-refractivity contribution >= 4 is 10.1 Å². The summed E-state index contributed by atoms with van der Waals surface area (Å²) in [5, 5.41) is 11.9. The van der Waals surface area contributed by atoms with Gasteiger partial charge in [-0.1, -0.05) is 50.1 Å². The van der Waals surface area contributed by atoms with Crippen molar-refractivity contribution in [2.75, 3.05) is 0 Å². The van der Waals surface area contributed by atoms with Gasteiger partial charge in [0, 0.05) is 6.07 Å². The molecule has 0 saturated heterocycles. The second-order valence-electron chi connectivity index (χ2n) is 5.64. The fraction of sp³-hybridized carbons (Fsp3) is 0.333. The molecule has 0 aliphatic rings. The van der Waals surface area contributed by atoms with Crippen molar-refractivity contribution in [2.45, 2.75) is 43.9 Å². The molecule has 0 spiro atoms. The van der Waals surface area contributed by atoms with Crippen LogP contribution >= 0.6 is 0 Å². The Labute approximate surface area is 171 Å². The molecule has 0 bridgehead atoms. The van der Waals surface area contributed by atoms with E-state index in [4.69, 9.17) is 9.29 Å². The van der Waals surface area contributed by atoms with E-state index >= 15 is 0 Å². The van der Waals surface area contributed by atoms with E-state index < -0.39 is 10.1 Å². The zero-order valence-electron chi connectivity index (χ0n) is 14.6. The van der Waals surface area contributed by atoms with E-state index in [0.717, 1.165) is 31.2 Å². The minimum atomic E-state index is -4.31. The molecule has 25 heavy (non-hydrogen) atoms. The van der Waals surface area contributed by atoms with E-state index in [2.05, 4.69) is 6.92 Å². The molecule has 130 valence electrons. The van der Waals surface area contributed by atoms with Gasteiger partial charge in [0.2, 0.25) is 0 Å². The van der Waals surface area contributed by atoms with Gasteiger partial charge in [0.05, 0.1) is 4.90 Å². The molecule has 0 fully saturated rings. The number of hydrogen-bond donors (Lipinski definition) is 1.